The Morgan fingerprint density at radius 2 is 1.85 bits per heavy atom. The molecule has 0 saturated carbocycles. The second-order valence-corrected chi connectivity index (χ2v) is 5.39. The summed E-state index contributed by atoms with van der Waals surface area (Å²) in [5, 5.41) is 2.21. The number of nitrogens with zero attached hydrogens (tertiary/aromatic N) is 1. The van der Waals surface area contributed by atoms with Crippen LogP contribution < -0.4 is 11.1 Å². The number of hydrogen-bond donors (Lipinski definition) is 2. The molecule has 5 nitrogen and oxygen atoms in total. The van der Waals surface area contributed by atoms with Gasteiger partial charge in [0, 0.05) is 0 Å². The van der Waals surface area contributed by atoms with E-state index in [1.54, 1.807) is 0 Å². The quantitative estimate of drug-likeness (QED) is 0.880. The van der Waals surface area contributed by atoms with Gasteiger partial charge >= 0.3 is 6.03 Å². The van der Waals surface area contributed by atoms with E-state index in [1.165, 1.54) is 0 Å². The second kappa shape index (κ2) is 6.52. The highest BCUT2D eigenvalue weighted by molar-refractivity contribution is 5.96. The monoisotopic (exact) mass is 275 g/mol. The van der Waals surface area contributed by atoms with Crippen LogP contribution in [-0.4, -0.2) is 29.9 Å². The fourth-order valence-corrected chi connectivity index (χ4v) is 2.64. The molecular formula is C15H21N3O2. The maximum atomic E-state index is 12.3. The zero-order valence-electron chi connectivity index (χ0n) is 11.7. The molecule has 3 N–H and O–H groups in total. The molecule has 1 aliphatic rings. The van der Waals surface area contributed by atoms with Gasteiger partial charge in [-0.15, -0.1) is 0 Å². The molecule has 1 heterocycles. The number of hydrogen-bond acceptors (Lipinski definition) is 3. The fraction of sp³-hybridized carbons (Fsp3) is 0.467. The number of urea groups is 1. The predicted octanol–water partition coefficient (Wildman–Crippen LogP) is 1.65. The molecule has 108 valence electrons. The van der Waals surface area contributed by atoms with Crippen LogP contribution in [0.15, 0.2) is 30.3 Å². The minimum Gasteiger partial charge on any atom is -0.351 e. The number of carbonyl (C=O) groups excluding carboxylic acids is 2. The molecule has 1 aromatic carbocycles. The Hall–Kier alpha value is -1.88. The number of benzene rings is 1. The average Bonchev–Trinajstić information content (AvgIpc) is 2.42. The van der Waals surface area contributed by atoms with Crippen molar-refractivity contribution in [3.8, 4) is 0 Å². The van der Waals surface area contributed by atoms with Gasteiger partial charge in [0.05, 0.1) is 0 Å². The van der Waals surface area contributed by atoms with Gasteiger partial charge < -0.3 is 5.73 Å². The molecule has 0 aliphatic carbocycles. The highest BCUT2D eigenvalue weighted by Gasteiger charge is 2.30. The van der Waals surface area contributed by atoms with Crippen molar-refractivity contribution in [1.82, 2.24) is 10.2 Å². The van der Waals surface area contributed by atoms with Crippen LogP contribution in [0.2, 0.25) is 0 Å². The molecule has 3 amide bonds. The van der Waals surface area contributed by atoms with Crippen molar-refractivity contribution in [1.29, 1.82) is 0 Å². The van der Waals surface area contributed by atoms with Crippen LogP contribution >= 0.6 is 0 Å². The molecule has 0 bridgehead atoms. The zero-order chi connectivity index (χ0) is 14.5. The normalized spacial score (nSPS) is 18.4. The first-order valence-corrected chi connectivity index (χ1v) is 6.97. The fourth-order valence-electron chi connectivity index (χ4n) is 2.64. The van der Waals surface area contributed by atoms with E-state index in [0.29, 0.717) is 5.92 Å². The van der Waals surface area contributed by atoms with Crippen molar-refractivity contribution in [2.24, 2.45) is 11.7 Å². The van der Waals surface area contributed by atoms with Crippen LogP contribution in [0.3, 0.4) is 0 Å². The first-order chi connectivity index (χ1) is 9.58. The minimum atomic E-state index is -0.804. The highest BCUT2D eigenvalue weighted by atomic mass is 16.2. The summed E-state index contributed by atoms with van der Waals surface area (Å²) in [6.45, 7) is 3.93. The number of imide groups is 1. The summed E-state index contributed by atoms with van der Waals surface area (Å²) in [4.78, 5) is 25.4. The van der Waals surface area contributed by atoms with Crippen LogP contribution in [0.1, 0.15) is 31.4 Å². The maximum absolute atomic E-state index is 12.3. The molecule has 0 unspecified atom stereocenters. The Kier molecular flexibility index (Phi) is 4.74. The Morgan fingerprint density at radius 1 is 1.25 bits per heavy atom. The smallest absolute Gasteiger partial charge is 0.318 e. The Labute approximate surface area is 119 Å². The lowest BCUT2D eigenvalue weighted by Gasteiger charge is -2.35. The predicted molar refractivity (Wildman–Crippen MR) is 76.9 cm³/mol. The number of nitrogens with two attached hydrogens (primary N) is 1. The Morgan fingerprint density at radius 3 is 2.40 bits per heavy atom. The molecular weight excluding hydrogens is 254 g/mol. The molecule has 1 fully saturated rings. The van der Waals surface area contributed by atoms with Gasteiger partial charge in [0.1, 0.15) is 6.04 Å². The molecule has 1 aliphatic heterocycles. The lowest BCUT2D eigenvalue weighted by molar-refractivity contribution is -0.126. The van der Waals surface area contributed by atoms with E-state index >= 15 is 0 Å². The third-order valence-corrected chi connectivity index (χ3v) is 3.79. The standard InChI is InChI=1S/C15H21N3O2/c1-11-7-9-18(10-8-11)13(14(19)17-15(16)20)12-5-3-2-4-6-12/h2-6,11,13H,7-10H2,1H3,(H3,16,17,19,20)/t13-/m1/s1. The lowest BCUT2D eigenvalue weighted by Crippen LogP contribution is -2.46. The van der Waals surface area contributed by atoms with Gasteiger partial charge in [0.25, 0.3) is 0 Å². The number of piperidine rings is 1. The van der Waals surface area contributed by atoms with Crippen molar-refractivity contribution in [3.63, 3.8) is 0 Å². The SMILES string of the molecule is CC1CCN([C@@H](C(=O)NC(N)=O)c2ccccc2)CC1. The van der Waals surface area contributed by atoms with E-state index in [9.17, 15) is 9.59 Å². The molecule has 1 atom stereocenters. The third kappa shape index (κ3) is 3.57. The average molecular weight is 275 g/mol. The third-order valence-electron chi connectivity index (χ3n) is 3.79. The number of likely N-dealkylation sites (tertiary alicyclic amines) is 1. The van der Waals surface area contributed by atoms with Gasteiger partial charge in [-0.25, -0.2) is 4.79 Å². The molecule has 5 heteroatoms. The van der Waals surface area contributed by atoms with E-state index in [4.69, 9.17) is 5.73 Å². The van der Waals surface area contributed by atoms with Gasteiger partial charge in [-0.1, -0.05) is 37.3 Å². The molecule has 20 heavy (non-hydrogen) atoms. The van der Waals surface area contributed by atoms with E-state index in [1.807, 2.05) is 30.3 Å². The van der Waals surface area contributed by atoms with Crippen molar-refractivity contribution in [3.05, 3.63) is 35.9 Å². The summed E-state index contributed by atoms with van der Waals surface area (Å²) < 4.78 is 0. The number of nitrogens with one attached hydrogen (secondary N) is 1. The van der Waals surface area contributed by atoms with Gasteiger partial charge in [0.15, 0.2) is 0 Å². The van der Waals surface area contributed by atoms with Gasteiger partial charge in [-0.3, -0.25) is 15.0 Å². The summed E-state index contributed by atoms with van der Waals surface area (Å²) in [7, 11) is 0. The summed E-state index contributed by atoms with van der Waals surface area (Å²) >= 11 is 0. The van der Waals surface area contributed by atoms with Gasteiger partial charge in [0.2, 0.25) is 5.91 Å². The van der Waals surface area contributed by atoms with Crippen LogP contribution in [0.25, 0.3) is 0 Å². The molecule has 1 saturated heterocycles. The zero-order valence-corrected chi connectivity index (χ0v) is 11.7. The van der Waals surface area contributed by atoms with E-state index < -0.39 is 12.1 Å². The van der Waals surface area contributed by atoms with Crippen molar-refractivity contribution in [2.45, 2.75) is 25.8 Å². The summed E-state index contributed by atoms with van der Waals surface area (Å²) in [6.07, 6.45) is 2.13. The molecule has 0 aromatic heterocycles. The van der Waals surface area contributed by atoms with E-state index in [-0.39, 0.29) is 5.91 Å². The molecule has 1 aromatic rings. The molecule has 2 rings (SSSR count). The number of carbonyl (C=O) groups is 2. The number of amides is 3. The summed E-state index contributed by atoms with van der Waals surface area (Å²) in [5.74, 6) is 0.333. The topological polar surface area (TPSA) is 75.4 Å². The first kappa shape index (κ1) is 14.5. The first-order valence-electron chi connectivity index (χ1n) is 6.97. The highest BCUT2D eigenvalue weighted by Crippen LogP contribution is 2.26. The van der Waals surface area contributed by atoms with Crippen molar-refractivity contribution in [2.75, 3.05) is 13.1 Å². The molecule has 0 radical (unpaired) electrons. The summed E-state index contributed by atoms with van der Waals surface area (Å²) in [6, 6.07) is 8.26. The Bertz CT molecular complexity index is 467. The minimum absolute atomic E-state index is 0.349. The largest absolute Gasteiger partial charge is 0.351 e. The van der Waals surface area contributed by atoms with E-state index in [2.05, 4.69) is 17.1 Å². The van der Waals surface area contributed by atoms with Gasteiger partial charge in [-0.05, 0) is 37.4 Å². The number of primary amides is 1. The van der Waals surface area contributed by atoms with Crippen LogP contribution in [0, 0.1) is 5.92 Å². The summed E-state index contributed by atoms with van der Waals surface area (Å²) in [5.41, 5.74) is 5.96. The van der Waals surface area contributed by atoms with Gasteiger partial charge in [-0.2, -0.15) is 0 Å². The van der Waals surface area contributed by atoms with Crippen LogP contribution in [-0.2, 0) is 4.79 Å². The van der Waals surface area contributed by atoms with Crippen LogP contribution in [0.4, 0.5) is 4.79 Å². The van der Waals surface area contributed by atoms with Crippen molar-refractivity contribution < 1.29 is 9.59 Å². The maximum Gasteiger partial charge on any atom is 0.318 e. The molecule has 0 spiro atoms. The Balaban J connectivity index is 2.20. The van der Waals surface area contributed by atoms with Crippen molar-refractivity contribution >= 4 is 11.9 Å². The van der Waals surface area contributed by atoms with E-state index in [0.717, 1.165) is 31.5 Å². The lowest BCUT2D eigenvalue weighted by atomic mass is 9.95. The number of rotatable bonds is 3. The second-order valence-electron chi connectivity index (χ2n) is 5.39. The van der Waals surface area contributed by atoms with Crippen LogP contribution in [0.5, 0.6) is 0 Å².